The molecule has 2 amide bonds. The van der Waals surface area contributed by atoms with E-state index in [1.54, 1.807) is 12.4 Å². The molecule has 22 heavy (non-hydrogen) atoms. The Morgan fingerprint density at radius 3 is 2.95 bits per heavy atom. The summed E-state index contributed by atoms with van der Waals surface area (Å²) >= 11 is 0. The summed E-state index contributed by atoms with van der Waals surface area (Å²) in [5.41, 5.74) is 1.02. The van der Waals surface area contributed by atoms with Crippen LogP contribution in [0, 0.1) is 5.92 Å². The lowest BCUT2D eigenvalue weighted by atomic mass is 9.97. The van der Waals surface area contributed by atoms with Gasteiger partial charge in [-0.25, -0.2) is 4.79 Å². The first kappa shape index (κ1) is 16.7. The van der Waals surface area contributed by atoms with Crippen molar-refractivity contribution in [3.05, 3.63) is 30.1 Å². The number of nitrogens with one attached hydrogen (secondary N) is 2. The van der Waals surface area contributed by atoms with Crippen LogP contribution < -0.4 is 10.6 Å². The van der Waals surface area contributed by atoms with Gasteiger partial charge in [-0.15, -0.1) is 0 Å². The molecule has 2 N–H and O–H groups in total. The van der Waals surface area contributed by atoms with Crippen LogP contribution in [0.15, 0.2) is 24.5 Å². The molecule has 0 bridgehead atoms. The number of hydrogen-bond acceptors (Lipinski definition) is 3. The Bertz CT molecular complexity index is 463. The lowest BCUT2D eigenvalue weighted by Crippen LogP contribution is -2.45. The van der Waals surface area contributed by atoms with Crippen molar-refractivity contribution in [2.24, 2.45) is 5.92 Å². The maximum atomic E-state index is 12.0. The van der Waals surface area contributed by atoms with E-state index in [9.17, 15) is 4.79 Å². The first-order valence-corrected chi connectivity index (χ1v) is 8.24. The average Bonchev–Trinajstić information content (AvgIpc) is 2.54. The molecule has 1 aromatic rings. The second kappa shape index (κ2) is 8.13. The molecule has 1 aromatic heterocycles. The molecule has 5 heteroatoms. The number of piperidine rings is 1. The molecule has 2 rings (SSSR count). The van der Waals surface area contributed by atoms with Crippen LogP contribution in [0.25, 0.3) is 0 Å². The van der Waals surface area contributed by atoms with Crippen molar-refractivity contribution in [2.45, 2.75) is 45.7 Å². The van der Waals surface area contributed by atoms with Gasteiger partial charge in [0.1, 0.15) is 0 Å². The van der Waals surface area contributed by atoms with Crippen LogP contribution >= 0.6 is 0 Å². The Balaban J connectivity index is 1.73. The molecule has 122 valence electrons. The van der Waals surface area contributed by atoms with Crippen molar-refractivity contribution in [1.82, 2.24) is 20.5 Å². The third kappa shape index (κ3) is 4.98. The van der Waals surface area contributed by atoms with E-state index in [-0.39, 0.29) is 12.1 Å². The number of urea groups is 1. The lowest BCUT2D eigenvalue weighted by Gasteiger charge is -2.35. The van der Waals surface area contributed by atoms with Gasteiger partial charge in [0.25, 0.3) is 0 Å². The predicted octanol–water partition coefficient (Wildman–Crippen LogP) is 2.56. The summed E-state index contributed by atoms with van der Waals surface area (Å²) in [4.78, 5) is 18.6. The molecule has 1 aliphatic rings. The van der Waals surface area contributed by atoms with Crippen LogP contribution in [0.1, 0.15) is 45.2 Å². The minimum Gasteiger partial charge on any atom is -0.338 e. The van der Waals surface area contributed by atoms with E-state index in [2.05, 4.69) is 34.4 Å². The van der Waals surface area contributed by atoms with Gasteiger partial charge in [-0.05, 0) is 57.7 Å². The van der Waals surface area contributed by atoms with Gasteiger partial charge >= 0.3 is 6.03 Å². The van der Waals surface area contributed by atoms with Crippen LogP contribution in [0.3, 0.4) is 0 Å². The van der Waals surface area contributed by atoms with E-state index < -0.39 is 0 Å². The van der Waals surface area contributed by atoms with E-state index in [4.69, 9.17) is 0 Å². The Morgan fingerprint density at radius 2 is 2.27 bits per heavy atom. The molecule has 0 spiro atoms. The van der Waals surface area contributed by atoms with Gasteiger partial charge in [0.05, 0.1) is 6.04 Å². The van der Waals surface area contributed by atoms with Crippen molar-refractivity contribution in [3.63, 3.8) is 0 Å². The fourth-order valence-corrected chi connectivity index (χ4v) is 2.93. The zero-order valence-corrected chi connectivity index (χ0v) is 13.9. The molecule has 2 atom stereocenters. The van der Waals surface area contributed by atoms with Crippen LogP contribution in [0.4, 0.5) is 4.79 Å². The summed E-state index contributed by atoms with van der Waals surface area (Å²) in [6.45, 7) is 9.44. The summed E-state index contributed by atoms with van der Waals surface area (Å²) in [5, 5.41) is 5.98. The zero-order chi connectivity index (χ0) is 15.9. The summed E-state index contributed by atoms with van der Waals surface area (Å²) in [5.74, 6) is 0.551. The summed E-state index contributed by atoms with van der Waals surface area (Å²) in [6.07, 6.45) is 5.94. The van der Waals surface area contributed by atoms with Gasteiger partial charge < -0.3 is 15.5 Å². The Morgan fingerprint density at radius 1 is 1.45 bits per heavy atom. The van der Waals surface area contributed by atoms with E-state index in [0.29, 0.717) is 12.0 Å². The van der Waals surface area contributed by atoms with Gasteiger partial charge in [-0.3, -0.25) is 4.98 Å². The van der Waals surface area contributed by atoms with Crippen LogP contribution in [-0.4, -0.2) is 41.6 Å². The highest BCUT2D eigenvalue weighted by Gasteiger charge is 2.22. The molecule has 1 aliphatic heterocycles. The van der Waals surface area contributed by atoms with E-state index in [0.717, 1.165) is 18.7 Å². The summed E-state index contributed by atoms with van der Waals surface area (Å²) in [6, 6.07) is 4.31. The van der Waals surface area contributed by atoms with Gasteiger partial charge in [0.2, 0.25) is 0 Å². The van der Waals surface area contributed by atoms with Crippen molar-refractivity contribution in [2.75, 3.05) is 19.6 Å². The standard InChI is InChI=1S/C17H28N4O/c1-13(2)21-9-5-6-15(12-21)10-19-17(22)20-14(3)16-7-4-8-18-11-16/h4,7-8,11,13-15H,5-6,9-10,12H2,1-3H3,(H2,19,20,22)/t14-,15-/m0/s1. The van der Waals surface area contributed by atoms with E-state index in [1.807, 2.05) is 19.1 Å². The Hall–Kier alpha value is -1.62. The molecule has 0 saturated carbocycles. The van der Waals surface area contributed by atoms with Crippen LogP contribution in [0.2, 0.25) is 0 Å². The lowest BCUT2D eigenvalue weighted by molar-refractivity contribution is 0.139. The number of hydrogen-bond donors (Lipinski definition) is 2. The highest BCUT2D eigenvalue weighted by Crippen LogP contribution is 2.17. The number of nitrogens with zero attached hydrogens (tertiary/aromatic N) is 2. The highest BCUT2D eigenvalue weighted by molar-refractivity contribution is 5.74. The molecule has 2 heterocycles. The fourth-order valence-electron chi connectivity index (χ4n) is 2.93. The molecule has 1 saturated heterocycles. The minimum atomic E-state index is -0.0991. The number of amides is 2. The maximum Gasteiger partial charge on any atom is 0.315 e. The van der Waals surface area contributed by atoms with E-state index in [1.165, 1.54) is 19.4 Å². The highest BCUT2D eigenvalue weighted by atomic mass is 16.2. The number of carbonyl (C=O) groups is 1. The van der Waals surface area contributed by atoms with E-state index >= 15 is 0 Å². The number of aromatic nitrogens is 1. The minimum absolute atomic E-state index is 0.0350. The van der Waals surface area contributed by atoms with Crippen molar-refractivity contribution >= 4 is 6.03 Å². The molecule has 5 nitrogen and oxygen atoms in total. The maximum absolute atomic E-state index is 12.0. The number of rotatable bonds is 5. The smallest absolute Gasteiger partial charge is 0.315 e. The van der Waals surface area contributed by atoms with Gasteiger partial charge in [0, 0.05) is 31.5 Å². The SMILES string of the molecule is CC(C)N1CCC[C@@H](CNC(=O)N[C@@H](C)c2cccnc2)C1. The molecule has 0 aliphatic carbocycles. The number of pyridine rings is 1. The molecular weight excluding hydrogens is 276 g/mol. The first-order valence-electron chi connectivity index (χ1n) is 8.24. The van der Waals surface area contributed by atoms with Crippen LogP contribution in [0.5, 0.6) is 0 Å². The third-order valence-electron chi connectivity index (χ3n) is 4.36. The molecule has 0 unspecified atom stereocenters. The van der Waals surface area contributed by atoms with Crippen LogP contribution in [-0.2, 0) is 0 Å². The van der Waals surface area contributed by atoms with Gasteiger partial charge in [-0.1, -0.05) is 6.07 Å². The average molecular weight is 304 g/mol. The monoisotopic (exact) mass is 304 g/mol. The Labute approximate surface area is 133 Å². The largest absolute Gasteiger partial charge is 0.338 e. The second-order valence-electron chi connectivity index (χ2n) is 6.46. The topological polar surface area (TPSA) is 57.3 Å². The number of likely N-dealkylation sites (tertiary alicyclic amines) is 1. The van der Waals surface area contributed by atoms with Gasteiger partial charge in [0.15, 0.2) is 0 Å². The zero-order valence-electron chi connectivity index (χ0n) is 13.9. The quantitative estimate of drug-likeness (QED) is 0.879. The van der Waals surface area contributed by atoms with Crippen molar-refractivity contribution < 1.29 is 4.79 Å². The summed E-state index contributed by atoms with van der Waals surface area (Å²) < 4.78 is 0. The van der Waals surface area contributed by atoms with Gasteiger partial charge in [-0.2, -0.15) is 0 Å². The third-order valence-corrected chi connectivity index (χ3v) is 4.36. The predicted molar refractivity (Wildman–Crippen MR) is 88.6 cm³/mol. The van der Waals surface area contributed by atoms with Crippen molar-refractivity contribution in [3.8, 4) is 0 Å². The molecule has 0 radical (unpaired) electrons. The fraction of sp³-hybridized carbons (Fsp3) is 0.647. The normalized spacial score (nSPS) is 20.6. The second-order valence-corrected chi connectivity index (χ2v) is 6.46. The first-order chi connectivity index (χ1) is 10.6. The molecular formula is C17H28N4O. The Kier molecular flexibility index (Phi) is 6.19. The number of carbonyl (C=O) groups excluding carboxylic acids is 1. The molecule has 1 fully saturated rings. The molecule has 0 aromatic carbocycles. The van der Waals surface area contributed by atoms with Crippen molar-refractivity contribution in [1.29, 1.82) is 0 Å². The summed E-state index contributed by atoms with van der Waals surface area (Å²) in [7, 11) is 0.